The second-order valence-corrected chi connectivity index (χ2v) is 7.44. The van der Waals surface area contributed by atoms with Gasteiger partial charge in [-0.2, -0.15) is 13.2 Å². The summed E-state index contributed by atoms with van der Waals surface area (Å²) in [6.45, 7) is 3.95. The van der Waals surface area contributed by atoms with Gasteiger partial charge in [-0.25, -0.2) is 4.98 Å². The molecule has 0 bridgehead atoms. The molecule has 1 heterocycles. The van der Waals surface area contributed by atoms with E-state index in [1.54, 1.807) is 13.8 Å². The van der Waals surface area contributed by atoms with E-state index in [-0.39, 0.29) is 17.4 Å². The van der Waals surface area contributed by atoms with Gasteiger partial charge < -0.3 is 9.30 Å². The maximum Gasteiger partial charge on any atom is 0.416 e. The summed E-state index contributed by atoms with van der Waals surface area (Å²) < 4.78 is 46.1. The van der Waals surface area contributed by atoms with Crippen LogP contribution in [0.25, 0.3) is 11.0 Å². The lowest BCUT2D eigenvalue weighted by Gasteiger charge is -2.11. The SMILES string of the molecule is CC(C)OC(=O)CSc1nc2cc(C(F)(F)F)ccc2n1Cc1ccccc1. The molecular formula is C20H19F3N2O2S. The molecule has 0 amide bonds. The maximum absolute atomic E-state index is 13.0. The highest BCUT2D eigenvalue weighted by Crippen LogP contribution is 2.33. The molecule has 3 aromatic rings. The van der Waals surface area contributed by atoms with Crippen molar-refractivity contribution in [2.75, 3.05) is 5.75 Å². The van der Waals surface area contributed by atoms with Crippen molar-refractivity contribution < 1.29 is 22.7 Å². The van der Waals surface area contributed by atoms with Crippen LogP contribution >= 0.6 is 11.8 Å². The van der Waals surface area contributed by atoms with E-state index in [4.69, 9.17) is 4.74 Å². The lowest BCUT2D eigenvalue weighted by Crippen LogP contribution is -2.13. The highest BCUT2D eigenvalue weighted by molar-refractivity contribution is 7.99. The van der Waals surface area contributed by atoms with Gasteiger partial charge in [0.15, 0.2) is 5.16 Å². The van der Waals surface area contributed by atoms with E-state index < -0.39 is 17.7 Å². The molecule has 0 unspecified atom stereocenters. The Kier molecular flexibility index (Phi) is 5.98. The lowest BCUT2D eigenvalue weighted by molar-refractivity contribution is -0.144. The second kappa shape index (κ2) is 8.26. The molecule has 0 saturated heterocycles. The molecule has 4 nitrogen and oxygen atoms in total. The summed E-state index contributed by atoms with van der Waals surface area (Å²) in [5, 5.41) is 0.471. The number of aromatic nitrogens is 2. The van der Waals surface area contributed by atoms with E-state index in [0.29, 0.717) is 17.2 Å². The van der Waals surface area contributed by atoms with Crippen LogP contribution in [0.4, 0.5) is 13.2 Å². The fourth-order valence-electron chi connectivity index (χ4n) is 2.73. The average molecular weight is 408 g/mol. The molecule has 0 spiro atoms. The van der Waals surface area contributed by atoms with E-state index >= 15 is 0 Å². The average Bonchev–Trinajstić information content (AvgIpc) is 2.96. The Morgan fingerprint density at radius 1 is 1.18 bits per heavy atom. The molecule has 0 radical (unpaired) electrons. The van der Waals surface area contributed by atoms with Gasteiger partial charge in [-0.1, -0.05) is 42.1 Å². The minimum Gasteiger partial charge on any atom is -0.462 e. The zero-order valence-corrected chi connectivity index (χ0v) is 16.2. The highest BCUT2D eigenvalue weighted by atomic mass is 32.2. The molecule has 8 heteroatoms. The summed E-state index contributed by atoms with van der Waals surface area (Å²) in [5.74, 6) is -0.364. The number of benzene rings is 2. The van der Waals surface area contributed by atoms with Crippen molar-refractivity contribution in [2.24, 2.45) is 0 Å². The van der Waals surface area contributed by atoms with Gasteiger partial charge in [-0.3, -0.25) is 4.79 Å². The van der Waals surface area contributed by atoms with Gasteiger partial charge in [0.05, 0.1) is 35.0 Å². The van der Waals surface area contributed by atoms with Crippen molar-refractivity contribution >= 4 is 28.8 Å². The third-order valence-corrected chi connectivity index (χ3v) is 4.86. The number of carbonyl (C=O) groups is 1. The van der Waals surface area contributed by atoms with Crippen LogP contribution in [0.2, 0.25) is 0 Å². The quantitative estimate of drug-likeness (QED) is 0.418. The van der Waals surface area contributed by atoms with Gasteiger partial charge in [0.2, 0.25) is 0 Å². The number of rotatable bonds is 6. The van der Waals surface area contributed by atoms with Gasteiger partial charge in [0.25, 0.3) is 0 Å². The van der Waals surface area contributed by atoms with Crippen LogP contribution in [-0.4, -0.2) is 27.4 Å². The fourth-order valence-corrected chi connectivity index (χ4v) is 3.53. The van der Waals surface area contributed by atoms with Crippen LogP contribution in [0.3, 0.4) is 0 Å². The molecule has 28 heavy (non-hydrogen) atoms. The Labute approximate surface area is 164 Å². The minimum absolute atomic E-state index is 0.0302. The minimum atomic E-state index is -4.44. The Balaban J connectivity index is 1.96. The van der Waals surface area contributed by atoms with Crippen molar-refractivity contribution in [1.29, 1.82) is 0 Å². The highest BCUT2D eigenvalue weighted by Gasteiger charge is 2.31. The van der Waals surface area contributed by atoms with Gasteiger partial charge in [-0.15, -0.1) is 0 Å². The smallest absolute Gasteiger partial charge is 0.416 e. The number of hydrogen-bond acceptors (Lipinski definition) is 4. The van der Waals surface area contributed by atoms with Crippen LogP contribution in [0.1, 0.15) is 25.0 Å². The topological polar surface area (TPSA) is 44.1 Å². The molecule has 3 rings (SSSR count). The van der Waals surface area contributed by atoms with E-state index in [1.165, 1.54) is 6.07 Å². The number of halogens is 3. The molecule has 0 aliphatic rings. The first kappa shape index (κ1) is 20.3. The summed E-state index contributed by atoms with van der Waals surface area (Å²) in [4.78, 5) is 16.2. The maximum atomic E-state index is 13.0. The van der Waals surface area contributed by atoms with E-state index in [0.717, 1.165) is 29.5 Å². The number of alkyl halides is 3. The normalized spacial score (nSPS) is 11.9. The largest absolute Gasteiger partial charge is 0.462 e. The molecule has 0 fully saturated rings. The molecule has 0 aliphatic carbocycles. The fraction of sp³-hybridized carbons (Fsp3) is 0.300. The van der Waals surface area contributed by atoms with Crippen molar-refractivity contribution in [3.63, 3.8) is 0 Å². The van der Waals surface area contributed by atoms with Crippen molar-refractivity contribution in [2.45, 2.75) is 37.8 Å². The molecular weight excluding hydrogens is 389 g/mol. The van der Waals surface area contributed by atoms with E-state index in [1.807, 2.05) is 34.9 Å². The number of imidazole rings is 1. The number of hydrogen-bond donors (Lipinski definition) is 0. The summed E-state index contributed by atoms with van der Waals surface area (Å²) >= 11 is 1.15. The van der Waals surface area contributed by atoms with Gasteiger partial charge >= 0.3 is 12.1 Å². The van der Waals surface area contributed by atoms with Crippen molar-refractivity contribution in [3.05, 3.63) is 59.7 Å². The first-order valence-electron chi connectivity index (χ1n) is 8.67. The molecule has 0 N–H and O–H groups in total. The third kappa shape index (κ3) is 4.86. The van der Waals surface area contributed by atoms with Gasteiger partial charge in [0, 0.05) is 0 Å². The Bertz CT molecular complexity index is 969. The molecule has 0 atom stereocenters. The van der Waals surface area contributed by atoms with Crippen molar-refractivity contribution in [1.82, 2.24) is 9.55 Å². The summed E-state index contributed by atoms with van der Waals surface area (Å²) in [6, 6.07) is 13.0. The Morgan fingerprint density at radius 2 is 1.89 bits per heavy atom. The van der Waals surface area contributed by atoms with Crippen molar-refractivity contribution in [3.8, 4) is 0 Å². The number of ether oxygens (including phenoxy) is 1. The van der Waals surface area contributed by atoms with Crippen LogP contribution in [0, 0.1) is 0 Å². The number of thioether (sulfide) groups is 1. The molecule has 148 valence electrons. The second-order valence-electron chi connectivity index (χ2n) is 6.49. The van der Waals surface area contributed by atoms with Crippen LogP contribution in [-0.2, 0) is 22.3 Å². The number of nitrogens with zero attached hydrogens (tertiary/aromatic N) is 2. The monoisotopic (exact) mass is 408 g/mol. The van der Waals surface area contributed by atoms with Crippen LogP contribution in [0.15, 0.2) is 53.7 Å². The van der Waals surface area contributed by atoms with Crippen LogP contribution in [0.5, 0.6) is 0 Å². The molecule has 0 saturated carbocycles. The zero-order chi connectivity index (χ0) is 20.3. The molecule has 1 aromatic heterocycles. The third-order valence-electron chi connectivity index (χ3n) is 3.91. The summed E-state index contributed by atoms with van der Waals surface area (Å²) in [7, 11) is 0. The zero-order valence-electron chi connectivity index (χ0n) is 15.4. The lowest BCUT2D eigenvalue weighted by atomic mass is 10.2. The molecule has 0 aliphatic heterocycles. The van der Waals surface area contributed by atoms with Crippen LogP contribution < -0.4 is 0 Å². The molecule has 2 aromatic carbocycles. The Hall–Kier alpha value is -2.48. The Morgan fingerprint density at radius 3 is 2.54 bits per heavy atom. The number of carbonyl (C=O) groups excluding carboxylic acids is 1. The standard InChI is InChI=1S/C20H19F3N2O2S/c1-13(2)27-18(26)12-28-19-24-16-10-15(20(21,22)23)8-9-17(16)25(19)11-14-6-4-3-5-7-14/h3-10,13H,11-12H2,1-2H3. The predicted octanol–water partition coefficient (Wildman–Crippen LogP) is 5.15. The number of esters is 1. The van der Waals surface area contributed by atoms with E-state index in [2.05, 4.69) is 4.98 Å². The first-order chi connectivity index (χ1) is 13.2. The van der Waals surface area contributed by atoms with E-state index in [9.17, 15) is 18.0 Å². The predicted molar refractivity (Wildman–Crippen MR) is 102 cm³/mol. The van der Waals surface area contributed by atoms with Gasteiger partial charge in [-0.05, 0) is 37.6 Å². The summed E-state index contributed by atoms with van der Waals surface area (Å²) in [6.07, 6.45) is -4.67. The number of fused-ring (bicyclic) bond motifs is 1. The first-order valence-corrected chi connectivity index (χ1v) is 9.66. The van der Waals surface area contributed by atoms with Gasteiger partial charge in [0.1, 0.15) is 0 Å². The summed E-state index contributed by atoms with van der Waals surface area (Å²) in [5.41, 5.74) is 1.05.